The molecule has 0 radical (unpaired) electrons. The third-order valence-corrected chi connectivity index (χ3v) is 8.41. The second kappa shape index (κ2) is 14.4. The third kappa shape index (κ3) is 8.25. The summed E-state index contributed by atoms with van der Waals surface area (Å²) in [6, 6.07) is 16.4. The normalized spacial score (nSPS) is 13.8. The van der Waals surface area contributed by atoms with E-state index >= 15 is 0 Å². The van der Waals surface area contributed by atoms with Gasteiger partial charge in [0.2, 0.25) is 5.91 Å². The molecular formula is C30H26ClN3O7S2. The van der Waals surface area contributed by atoms with Crippen LogP contribution in [0.3, 0.4) is 0 Å². The summed E-state index contributed by atoms with van der Waals surface area (Å²) in [6.07, 6.45) is 2.92. The van der Waals surface area contributed by atoms with Crippen molar-refractivity contribution in [3.63, 3.8) is 0 Å². The van der Waals surface area contributed by atoms with Crippen LogP contribution in [-0.2, 0) is 14.3 Å². The van der Waals surface area contributed by atoms with Gasteiger partial charge in [-0.3, -0.25) is 29.4 Å². The van der Waals surface area contributed by atoms with E-state index in [-0.39, 0.29) is 33.5 Å². The van der Waals surface area contributed by atoms with E-state index in [0.717, 1.165) is 21.8 Å². The van der Waals surface area contributed by atoms with Crippen LogP contribution >= 0.6 is 35.1 Å². The maximum absolute atomic E-state index is 13.0. The van der Waals surface area contributed by atoms with Gasteiger partial charge in [-0.25, -0.2) is 4.79 Å². The number of nitrogens with zero attached hydrogens (tertiary/aromatic N) is 2. The zero-order valence-electron chi connectivity index (χ0n) is 23.1. The number of rotatable bonds is 11. The lowest BCUT2D eigenvalue weighted by atomic mass is 10.2. The Kier molecular flexibility index (Phi) is 10.6. The number of anilines is 1. The van der Waals surface area contributed by atoms with Gasteiger partial charge in [0.1, 0.15) is 6.54 Å². The molecule has 1 aliphatic heterocycles. The first-order valence-electron chi connectivity index (χ1n) is 13.1. The van der Waals surface area contributed by atoms with E-state index in [2.05, 4.69) is 5.32 Å². The van der Waals surface area contributed by atoms with Gasteiger partial charge in [0.15, 0.2) is 0 Å². The first-order valence-corrected chi connectivity index (χ1v) is 15.1. The molecule has 13 heteroatoms. The molecule has 0 aromatic heterocycles. The van der Waals surface area contributed by atoms with Crippen molar-refractivity contribution in [3.8, 4) is 0 Å². The first kappa shape index (κ1) is 31.8. The van der Waals surface area contributed by atoms with Gasteiger partial charge in [-0.1, -0.05) is 60.5 Å². The highest BCUT2D eigenvalue weighted by Gasteiger charge is 2.36. The number of nitrogens with one attached hydrogen (secondary N) is 1. The van der Waals surface area contributed by atoms with Crippen molar-refractivity contribution in [1.29, 1.82) is 0 Å². The van der Waals surface area contributed by atoms with Crippen molar-refractivity contribution in [3.05, 3.63) is 97.4 Å². The van der Waals surface area contributed by atoms with E-state index in [1.807, 2.05) is 38.1 Å². The van der Waals surface area contributed by atoms with E-state index in [0.29, 0.717) is 28.6 Å². The Balaban J connectivity index is 1.44. The number of esters is 1. The third-order valence-electron chi connectivity index (χ3n) is 6.10. The van der Waals surface area contributed by atoms with Gasteiger partial charge in [0, 0.05) is 16.6 Å². The smallest absolute Gasteiger partial charge is 0.339 e. The number of hydrogen-bond donors (Lipinski definition) is 1. The summed E-state index contributed by atoms with van der Waals surface area (Å²) >= 11 is 7.99. The van der Waals surface area contributed by atoms with Crippen molar-refractivity contribution < 1.29 is 28.8 Å². The summed E-state index contributed by atoms with van der Waals surface area (Å²) in [4.78, 5) is 64.0. The number of unbranched alkanes of at least 4 members (excludes halogenated alkanes) is 1. The van der Waals surface area contributed by atoms with Crippen LogP contribution in [0.15, 0.2) is 75.4 Å². The highest BCUT2D eigenvalue weighted by atomic mass is 35.5. The largest absolute Gasteiger partial charge is 0.462 e. The maximum Gasteiger partial charge on any atom is 0.339 e. The molecule has 1 N–H and O–H groups in total. The minimum Gasteiger partial charge on any atom is -0.462 e. The Morgan fingerprint density at radius 1 is 1.12 bits per heavy atom. The maximum atomic E-state index is 13.0. The zero-order valence-corrected chi connectivity index (χ0v) is 25.5. The standard InChI is InChI=1S/C30H26ClN3O7S2/c1-3-4-13-41-29(37)22-16-20(8-11-23(22)31)32-27(35)17-33-28(36)26(43-30(33)38)15-19-7-12-25(24(14-19)34(39)40)42-21-9-5-18(2)6-10-21/h5-12,14-16H,3-4,13,17H2,1-2H3,(H,32,35). The lowest BCUT2D eigenvalue weighted by Gasteiger charge is -2.13. The molecule has 0 spiro atoms. The summed E-state index contributed by atoms with van der Waals surface area (Å²) in [5.41, 5.74) is 1.58. The van der Waals surface area contributed by atoms with Crippen molar-refractivity contribution in [1.82, 2.24) is 4.90 Å². The lowest BCUT2D eigenvalue weighted by Crippen LogP contribution is -2.36. The Labute approximate surface area is 261 Å². The van der Waals surface area contributed by atoms with E-state index in [4.69, 9.17) is 16.3 Å². The summed E-state index contributed by atoms with van der Waals surface area (Å²) in [5, 5.41) is 13.8. The van der Waals surface area contributed by atoms with Crippen LogP contribution in [0.2, 0.25) is 5.02 Å². The molecule has 3 aromatic rings. The Bertz CT molecular complexity index is 1630. The number of thioether (sulfide) groups is 1. The van der Waals surface area contributed by atoms with Crippen molar-refractivity contribution in [2.45, 2.75) is 36.5 Å². The Morgan fingerprint density at radius 3 is 2.56 bits per heavy atom. The minimum absolute atomic E-state index is 0.0228. The molecule has 1 fully saturated rings. The monoisotopic (exact) mass is 639 g/mol. The highest BCUT2D eigenvalue weighted by molar-refractivity contribution is 8.18. The number of nitro benzene ring substituents is 1. The highest BCUT2D eigenvalue weighted by Crippen LogP contribution is 2.37. The van der Waals surface area contributed by atoms with Crippen LogP contribution in [0.4, 0.5) is 16.2 Å². The van der Waals surface area contributed by atoms with Gasteiger partial charge in [-0.05, 0) is 73.1 Å². The SMILES string of the molecule is CCCCOC(=O)c1cc(NC(=O)CN2C(=O)SC(=Cc3ccc(Sc4ccc(C)cc4)c([N+](=O)[O-])c3)C2=O)ccc1Cl. The average molecular weight is 640 g/mol. The zero-order chi connectivity index (χ0) is 31.1. The second-order valence-electron chi connectivity index (χ2n) is 9.40. The molecule has 1 aliphatic rings. The van der Waals surface area contributed by atoms with E-state index in [1.165, 1.54) is 42.1 Å². The fourth-order valence-corrected chi connectivity index (χ4v) is 5.80. The lowest BCUT2D eigenvalue weighted by molar-refractivity contribution is -0.387. The van der Waals surface area contributed by atoms with Gasteiger partial charge >= 0.3 is 5.97 Å². The van der Waals surface area contributed by atoms with Crippen LogP contribution in [0, 0.1) is 17.0 Å². The molecule has 1 heterocycles. The predicted octanol–water partition coefficient (Wildman–Crippen LogP) is 7.34. The molecule has 3 amide bonds. The molecular weight excluding hydrogens is 614 g/mol. The van der Waals surface area contributed by atoms with Gasteiger partial charge in [0.05, 0.1) is 31.9 Å². The summed E-state index contributed by atoms with van der Waals surface area (Å²) in [6.45, 7) is 3.57. The van der Waals surface area contributed by atoms with Gasteiger partial charge in [0.25, 0.3) is 16.8 Å². The van der Waals surface area contributed by atoms with E-state index < -0.39 is 34.5 Å². The number of carbonyl (C=O) groups is 4. The van der Waals surface area contributed by atoms with E-state index in [9.17, 15) is 29.3 Å². The molecule has 43 heavy (non-hydrogen) atoms. The summed E-state index contributed by atoms with van der Waals surface area (Å²) in [5.74, 6) is -2.01. The number of amides is 3. The van der Waals surface area contributed by atoms with Crippen LogP contribution in [0.1, 0.15) is 41.3 Å². The van der Waals surface area contributed by atoms with Crippen LogP contribution in [0.5, 0.6) is 0 Å². The first-order chi connectivity index (χ1) is 20.5. The fourth-order valence-electron chi connectivity index (χ4n) is 3.86. The number of aryl methyl sites for hydroxylation is 1. The van der Waals surface area contributed by atoms with Gasteiger partial charge in [-0.15, -0.1) is 0 Å². The van der Waals surface area contributed by atoms with Crippen LogP contribution < -0.4 is 5.32 Å². The topological polar surface area (TPSA) is 136 Å². The number of ether oxygens (including phenoxy) is 1. The quantitative estimate of drug-likeness (QED) is 0.0751. The average Bonchev–Trinajstić information content (AvgIpc) is 3.23. The number of nitro groups is 1. The molecule has 222 valence electrons. The second-order valence-corrected chi connectivity index (χ2v) is 11.9. The Morgan fingerprint density at radius 2 is 1.86 bits per heavy atom. The number of imide groups is 1. The molecule has 3 aromatic carbocycles. The summed E-state index contributed by atoms with van der Waals surface area (Å²) in [7, 11) is 0. The van der Waals surface area contributed by atoms with Crippen molar-refractivity contribution in [2.24, 2.45) is 0 Å². The molecule has 10 nitrogen and oxygen atoms in total. The van der Waals surface area contributed by atoms with E-state index in [1.54, 1.807) is 12.1 Å². The predicted molar refractivity (Wildman–Crippen MR) is 166 cm³/mol. The molecule has 0 atom stereocenters. The van der Waals surface area contributed by atoms with Gasteiger partial charge < -0.3 is 10.1 Å². The molecule has 0 aliphatic carbocycles. The Hall–Kier alpha value is -4.13. The molecule has 0 bridgehead atoms. The summed E-state index contributed by atoms with van der Waals surface area (Å²) < 4.78 is 5.18. The van der Waals surface area contributed by atoms with Crippen LogP contribution in [-0.4, -0.2) is 46.0 Å². The fraction of sp³-hybridized carbons (Fsp3) is 0.200. The molecule has 1 saturated heterocycles. The number of hydrogen-bond acceptors (Lipinski definition) is 9. The molecule has 0 unspecified atom stereocenters. The molecule has 0 saturated carbocycles. The number of benzene rings is 3. The van der Waals surface area contributed by atoms with Gasteiger partial charge in [-0.2, -0.15) is 0 Å². The molecule has 4 rings (SSSR count). The van der Waals surface area contributed by atoms with Crippen LogP contribution in [0.25, 0.3) is 6.08 Å². The van der Waals surface area contributed by atoms with Crippen molar-refractivity contribution in [2.75, 3.05) is 18.5 Å². The number of halogens is 1. The minimum atomic E-state index is -0.706. The van der Waals surface area contributed by atoms with Crippen molar-refractivity contribution >= 4 is 75.6 Å². The number of carbonyl (C=O) groups excluding carboxylic acids is 4.